The molecule has 0 aliphatic rings. The summed E-state index contributed by atoms with van der Waals surface area (Å²) in [7, 11) is 0. The molecule has 0 saturated carbocycles. The summed E-state index contributed by atoms with van der Waals surface area (Å²) in [5.41, 5.74) is 10.0. The van der Waals surface area contributed by atoms with Crippen molar-refractivity contribution in [2.45, 2.75) is 26.7 Å². The molecule has 2 aromatic rings. The van der Waals surface area contributed by atoms with E-state index in [2.05, 4.69) is 47.8 Å². The van der Waals surface area contributed by atoms with Crippen LogP contribution in [0.4, 0.5) is 5.69 Å². The summed E-state index contributed by atoms with van der Waals surface area (Å²) in [5.74, 6) is 0.388. The Kier molecular flexibility index (Phi) is 2.89. The average molecular weight is 279 g/mol. The van der Waals surface area contributed by atoms with Crippen LogP contribution < -0.4 is 5.73 Å². The smallest absolute Gasteiger partial charge is 0.0870 e. The van der Waals surface area contributed by atoms with Gasteiger partial charge in [0.05, 0.1) is 5.52 Å². The Bertz CT molecular complexity index is 547. The van der Waals surface area contributed by atoms with Crippen LogP contribution >= 0.6 is 15.9 Å². The standard InChI is InChI=1S/C13H15BrN2/c1-7(2)11-6-10(15)9-5-4-8(3)12(14)13(9)16-11/h4-7H,1-3H3,(H2,15,16). The number of fused-ring (bicyclic) bond motifs is 1. The molecule has 0 atom stereocenters. The predicted molar refractivity (Wildman–Crippen MR) is 72.7 cm³/mol. The first-order chi connectivity index (χ1) is 7.50. The van der Waals surface area contributed by atoms with E-state index in [4.69, 9.17) is 5.73 Å². The van der Waals surface area contributed by atoms with Crippen molar-refractivity contribution in [3.05, 3.63) is 33.9 Å². The Hall–Kier alpha value is -1.09. The molecule has 2 nitrogen and oxygen atoms in total. The molecule has 0 fully saturated rings. The second-order valence-corrected chi connectivity index (χ2v) is 5.18. The largest absolute Gasteiger partial charge is 0.398 e. The van der Waals surface area contributed by atoms with Gasteiger partial charge in [-0.15, -0.1) is 0 Å². The van der Waals surface area contributed by atoms with E-state index in [0.29, 0.717) is 5.92 Å². The number of hydrogen-bond acceptors (Lipinski definition) is 2. The summed E-state index contributed by atoms with van der Waals surface area (Å²) in [6.45, 7) is 6.30. The van der Waals surface area contributed by atoms with Gasteiger partial charge in [-0.3, -0.25) is 4.98 Å². The van der Waals surface area contributed by atoms with Crippen LogP contribution in [0, 0.1) is 6.92 Å². The summed E-state index contributed by atoms with van der Waals surface area (Å²) < 4.78 is 1.04. The van der Waals surface area contributed by atoms with Gasteiger partial charge >= 0.3 is 0 Å². The first kappa shape index (κ1) is 11.4. The van der Waals surface area contributed by atoms with E-state index in [-0.39, 0.29) is 0 Å². The number of aromatic nitrogens is 1. The fourth-order valence-electron chi connectivity index (χ4n) is 1.70. The average Bonchev–Trinajstić information content (AvgIpc) is 2.23. The number of pyridine rings is 1. The maximum Gasteiger partial charge on any atom is 0.0870 e. The Labute approximate surface area is 104 Å². The third kappa shape index (κ3) is 1.80. The van der Waals surface area contributed by atoms with Crippen molar-refractivity contribution in [2.24, 2.45) is 0 Å². The lowest BCUT2D eigenvalue weighted by Crippen LogP contribution is -1.98. The molecule has 0 bridgehead atoms. The van der Waals surface area contributed by atoms with Crippen LogP contribution in [0.5, 0.6) is 0 Å². The zero-order valence-corrected chi connectivity index (χ0v) is 11.3. The van der Waals surface area contributed by atoms with E-state index in [1.165, 1.54) is 5.56 Å². The van der Waals surface area contributed by atoms with Gasteiger partial charge in [-0.2, -0.15) is 0 Å². The molecule has 0 aliphatic carbocycles. The summed E-state index contributed by atoms with van der Waals surface area (Å²) in [4.78, 5) is 4.67. The third-order valence-electron chi connectivity index (χ3n) is 2.76. The monoisotopic (exact) mass is 278 g/mol. The minimum atomic E-state index is 0.388. The molecule has 84 valence electrons. The molecule has 0 spiro atoms. The number of nitrogens with zero attached hydrogens (tertiary/aromatic N) is 1. The van der Waals surface area contributed by atoms with E-state index in [1.54, 1.807) is 0 Å². The maximum atomic E-state index is 6.05. The number of benzene rings is 1. The zero-order valence-electron chi connectivity index (χ0n) is 9.71. The van der Waals surface area contributed by atoms with E-state index in [9.17, 15) is 0 Å². The molecular weight excluding hydrogens is 264 g/mol. The molecule has 0 saturated heterocycles. The Morgan fingerprint density at radius 2 is 2.00 bits per heavy atom. The highest BCUT2D eigenvalue weighted by Crippen LogP contribution is 2.31. The minimum Gasteiger partial charge on any atom is -0.398 e. The first-order valence-corrected chi connectivity index (χ1v) is 6.15. The number of nitrogens with two attached hydrogens (primary N) is 1. The Morgan fingerprint density at radius 1 is 1.31 bits per heavy atom. The van der Waals surface area contributed by atoms with Crippen molar-refractivity contribution in [2.75, 3.05) is 5.73 Å². The van der Waals surface area contributed by atoms with Gasteiger partial charge in [0.25, 0.3) is 0 Å². The van der Waals surface area contributed by atoms with Crippen molar-refractivity contribution < 1.29 is 0 Å². The lowest BCUT2D eigenvalue weighted by Gasteiger charge is -2.11. The highest BCUT2D eigenvalue weighted by molar-refractivity contribution is 9.10. The number of halogens is 1. The Balaban J connectivity index is 2.83. The van der Waals surface area contributed by atoms with Crippen LogP contribution in [-0.2, 0) is 0 Å². The fourth-order valence-corrected chi connectivity index (χ4v) is 2.14. The van der Waals surface area contributed by atoms with Gasteiger partial charge in [0.15, 0.2) is 0 Å². The molecule has 1 heterocycles. The van der Waals surface area contributed by atoms with E-state index in [0.717, 1.165) is 26.8 Å². The van der Waals surface area contributed by atoms with Crippen LogP contribution in [0.2, 0.25) is 0 Å². The van der Waals surface area contributed by atoms with E-state index >= 15 is 0 Å². The number of hydrogen-bond donors (Lipinski definition) is 1. The molecule has 2 rings (SSSR count). The van der Waals surface area contributed by atoms with Crippen LogP contribution in [0.25, 0.3) is 10.9 Å². The highest BCUT2D eigenvalue weighted by atomic mass is 79.9. The second-order valence-electron chi connectivity index (χ2n) is 4.38. The molecule has 1 aromatic carbocycles. The van der Waals surface area contributed by atoms with Gasteiger partial charge in [-0.1, -0.05) is 26.0 Å². The van der Waals surface area contributed by atoms with Crippen LogP contribution in [0.1, 0.15) is 31.0 Å². The van der Waals surface area contributed by atoms with Gasteiger partial charge in [-0.25, -0.2) is 0 Å². The summed E-state index contributed by atoms with van der Waals surface area (Å²) in [6.07, 6.45) is 0. The van der Waals surface area contributed by atoms with Gasteiger partial charge < -0.3 is 5.73 Å². The van der Waals surface area contributed by atoms with Crippen molar-refractivity contribution in [3.63, 3.8) is 0 Å². The maximum absolute atomic E-state index is 6.05. The van der Waals surface area contributed by atoms with Crippen molar-refractivity contribution in [1.29, 1.82) is 0 Å². The third-order valence-corrected chi connectivity index (χ3v) is 3.76. The van der Waals surface area contributed by atoms with Gasteiger partial charge in [0.2, 0.25) is 0 Å². The van der Waals surface area contributed by atoms with Crippen LogP contribution in [-0.4, -0.2) is 4.98 Å². The summed E-state index contributed by atoms with van der Waals surface area (Å²) >= 11 is 3.58. The topological polar surface area (TPSA) is 38.9 Å². The highest BCUT2D eigenvalue weighted by Gasteiger charge is 2.10. The quantitative estimate of drug-likeness (QED) is 0.856. The number of rotatable bonds is 1. The molecule has 0 radical (unpaired) electrons. The molecule has 16 heavy (non-hydrogen) atoms. The van der Waals surface area contributed by atoms with Crippen molar-refractivity contribution >= 4 is 32.5 Å². The normalized spacial score (nSPS) is 11.3. The molecule has 1 aromatic heterocycles. The number of nitrogen functional groups attached to an aromatic ring is 1. The lowest BCUT2D eigenvalue weighted by molar-refractivity contribution is 0.830. The fraction of sp³-hybridized carbons (Fsp3) is 0.308. The molecule has 3 heteroatoms. The van der Waals surface area contributed by atoms with Gasteiger partial charge in [0.1, 0.15) is 0 Å². The Morgan fingerprint density at radius 3 is 2.62 bits per heavy atom. The van der Waals surface area contributed by atoms with Crippen LogP contribution in [0.15, 0.2) is 22.7 Å². The number of anilines is 1. The predicted octanol–water partition coefficient (Wildman–Crippen LogP) is 4.01. The molecule has 0 amide bonds. The van der Waals surface area contributed by atoms with Gasteiger partial charge in [-0.05, 0) is 40.4 Å². The SMILES string of the molecule is Cc1ccc2c(N)cc(C(C)C)nc2c1Br. The van der Waals surface area contributed by atoms with Crippen molar-refractivity contribution in [3.8, 4) is 0 Å². The minimum absolute atomic E-state index is 0.388. The molecule has 0 unspecified atom stereocenters. The van der Waals surface area contributed by atoms with Crippen molar-refractivity contribution in [1.82, 2.24) is 4.98 Å². The zero-order chi connectivity index (χ0) is 11.9. The van der Waals surface area contributed by atoms with E-state index < -0.39 is 0 Å². The summed E-state index contributed by atoms with van der Waals surface area (Å²) in [6, 6.07) is 6.05. The first-order valence-electron chi connectivity index (χ1n) is 5.36. The molecular formula is C13H15BrN2. The lowest BCUT2D eigenvalue weighted by atomic mass is 10.1. The van der Waals surface area contributed by atoms with Crippen LogP contribution in [0.3, 0.4) is 0 Å². The molecule has 2 N–H and O–H groups in total. The number of aryl methyl sites for hydroxylation is 1. The van der Waals surface area contributed by atoms with Gasteiger partial charge in [0, 0.05) is 21.2 Å². The molecule has 0 aliphatic heterocycles. The van der Waals surface area contributed by atoms with E-state index in [1.807, 2.05) is 12.1 Å². The summed E-state index contributed by atoms with van der Waals surface area (Å²) in [5, 5.41) is 1.02. The second kappa shape index (κ2) is 4.06.